The summed E-state index contributed by atoms with van der Waals surface area (Å²) in [5.74, 6) is -2.34. The van der Waals surface area contributed by atoms with Gasteiger partial charge in [0.05, 0.1) is 25.2 Å². The number of carbonyl (C=O) groups is 5. The van der Waals surface area contributed by atoms with Crippen LogP contribution >= 0.6 is 0 Å². The summed E-state index contributed by atoms with van der Waals surface area (Å²) >= 11 is 0. The van der Waals surface area contributed by atoms with Gasteiger partial charge in [-0.15, -0.1) is 0 Å². The lowest BCUT2D eigenvalue weighted by Gasteiger charge is -2.38. The molecule has 0 unspecified atom stereocenters. The number of fused-ring (bicyclic) bond motifs is 4. The Labute approximate surface area is 286 Å². The fourth-order valence-corrected chi connectivity index (χ4v) is 6.89. The van der Waals surface area contributed by atoms with Crippen LogP contribution in [0.15, 0.2) is 30.5 Å². The summed E-state index contributed by atoms with van der Waals surface area (Å²) in [4.78, 5) is 74.9. The van der Waals surface area contributed by atoms with E-state index >= 15 is 0 Å². The number of para-hydroxylation sites is 1. The molecule has 49 heavy (non-hydrogen) atoms. The lowest BCUT2D eigenvalue weighted by Crippen LogP contribution is -2.60. The van der Waals surface area contributed by atoms with Gasteiger partial charge in [0, 0.05) is 36.7 Å². The Morgan fingerprint density at radius 3 is 2.55 bits per heavy atom. The highest BCUT2D eigenvalue weighted by Gasteiger charge is 2.41. The van der Waals surface area contributed by atoms with Gasteiger partial charge in [0.2, 0.25) is 29.5 Å². The zero-order chi connectivity index (χ0) is 35.2. The number of nitrogens with zero attached hydrogens (tertiary/aromatic N) is 2. The molecule has 0 aliphatic carbocycles. The minimum Gasteiger partial charge on any atom is -0.388 e. The van der Waals surface area contributed by atoms with E-state index in [2.05, 4.69) is 20.9 Å². The van der Waals surface area contributed by atoms with Gasteiger partial charge in [0.1, 0.15) is 36.9 Å². The Morgan fingerprint density at radius 2 is 1.80 bits per heavy atom. The van der Waals surface area contributed by atoms with Crippen molar-refractivity contribution >= 4 is 40.4 Å². The van der Waals surface area contributed by atoms with E-state index in [4.69, 9.17) is 9.47 Å². The monoisotopic (exact) mass is 682 g/mol. The van der Waals surface area contributed by atoms with Crippen molar-refractivity contribution in [2.45, 2.75) is 102 Å². The largest absolute Gasteiger partial charge is 0.388 e. The molecule has 0 saturated carbocycles. The number of aliphatic hydroxyl groups excluding tert-OH is 1. The molecule has 14 heteroatoms. The van der Waals surface area contributed by atoms with Crippen LogP contribution in [0.1, 0.15) is 58.9 Å². The second-order valence-corrected chi connectivity index (χ2v) is 14.0. The summed E-state index contributed by atoms with van der Waals surface area (Å²) in [6.45, 7) is 7.09. The number of aromatic amines is 1. The van der Waals surface area contributed by atoms with Crippen molar-refractivity contribution in [3.63, 3.8) is 0 Å². The third kappa shape index (κ3) is 8.97. The summed E-state index contributed by atoms with van der Waals surface area (Å²) in [6.07, 6.45) is 1.21. The molecule has 5 amide bonds. The van der Waals surface area contributed by atoms with Gasteiger partial charge >= 0.3 is 0 Å². The molecule has 5 rings (SSSR count). The second-order valence-electron chi connectivity index (χ2n) is 14.0. The molecule has 6 atom stereocenters. The van der Waals surface area contributed by atoms with E-state index in [1.807, 2.05) is 38.1 Å². The van der Waals surface area contributed by atoms with Gasteiger partial charge in [-0.3, -0.25) is 24.0 Å². The molecular weight excluding hydrogens is 632 g/mol. The molecule has 14 nitrogen and oxygen atoms in total. The van der Waals surface area contributed by atoms with Crippen LogP contribution in [0.5, 0.6) is 0 Å². The predicted octanol–water partition coefficient (Wildman–Crippen LogP) is 0.619. The first-order chi connectivity index (χ1) is 23.4. The number of carbonyl (C=O) groups excluding carboxylic acids is 5. The smallest absolute Gasteiger partial charge is 0.249 e. The molecule has 2 bridgehead atoms. The quantitative estimate of drug-likeness (QED) is 0.282. The first-order valence-electron chi connectivity index (χ1n) is 17.4. The summed E-state index contributed by atoms with van der Waals surface area (Å²) in [7, 11) is 0. The first kappa shape index (κ1) is 36.3. The van der Waals surface area contributed by atoms with E-state index in [0.717, 1.165) is 16.5 Å². The van der Waals surface area contributed by atoms with Crippen LogP contribution in [0.2, 0.25) is 0 Å². The molecule has 3 aliphatic rings. The number of ether oxygens (including phenoxy) is 2. The molecule has 3 fully saturated rings. The lowest BCUT2D eigenvalue weighted by atomic mass is 9.97. The summed E-state index contributed by atoms with van der Waals surface area (Å²) in [5.41, 5.74) is 1.68. The molecule has 3 saturated heterocycles. The maximum atomic E-state index is 14.3. The highest BCUT2D eigenvalue weighted by atomic mass is 16.5. The average molecular weight is 683 g/mol. The van der Waals surface area contributed by atoms with Crippen LogP contribution in [0.4, 0.5) is 0 Å². The zero-order valence-corrected chi connectivity index (χ0v) is 28.8. The van der Waals surface area contributed by atoms with E-state index in [1.165, 1.54) is 9.80 Å². The fraction of sp³-hybridized carbons (Fsp3) is 0.629. The number of H-pyrrole nitrogens is 1. The fourth-order valence-electron chi connectivity index (χ4n) is 6.89. The van der Waals surface area contributed by atoms with Gasteiger partial charge in [-0.1, -0.05) is 32.0 Å². The number of nitrogens with one attached hydrogen (secondary N) is 4. The molecule has 1 aromatic heterocycles. The SMILES string of the molecule is CC(C)C[C@H]1NC(=O)[C@H]2CCCN2C(=O)[C@@H](Cc2c[nH]c3ccccc23)NC(=O)CN(C(=O)COC(C)C)C[C@H]2OCC[C@H](NC1=O)[C@@H]2O. The van der Waals surface area contributed by atoms with E-state index < -0.39 is 72.5 Å². The number of hydrogen-bond donors (Lipinski definition) is 5. The Balaban J connectivity index is 1.50. The third-order valence-corrected chi connectivity index (χ3v) is 9.42. The Bertz CT molecular complexity index is 1510. The highest BCUT2D eigenvalue weighted by molar-refractivity contribution is 5.96. The number of amides is 5. The van der Waals surface area contributed by atoms with Gasteiger partial charge in [0.25, 0.3) is 0 Å². The molecule has 4 heterocycles. The van der Waals surface area contributed by atoms with Crippen molar-refractivity contribution in [3.05, 3.63) is 36.0 Å². The molecule has 0 radical (unpaired) electrons. The van der Waals surface area contributed by atoms with Crippen LogP contribution in [-0.2, 0) is 39.9 Å². The van der Waals surface area contributed by atoms with Crippen LogP contribution in [0, 0.1) is 5.92 Å². The lowest BCUT2D eigenvalue weighted by molar-refractivity contribution is -0.149. The summed E-state index contributed by atoms with van der Waals surface area (Å²) < 4.78 is 11.4. The molecule has 0 spiro atoms. The van der Waals surface area contributed by atoms with Gasteiger partial charge in [-0.2, -0.15) is 0 Å². The van der Waals surface area contributed by atoms with Gasteiger partial charge in [-0.05, 0) is 57.1 Å². The van der Waals surface area contributed by atoms with E-state index in [1.54, 1.807) is 20.0 Å². The molecule has 1 aromatic carbocycles. The van der Waals surface area contributed by atoms with Crippen molar-refractivity contribution < 1.29 is 38.6 Å². The second kappa shape index (κ2) is 16.1. The summed E-state index contributed by atoms with van der Waals surface area (Å²) in [5, 5.41) is 20.9. The minimum absolute atomic E-state index is 0.0576. The van der Waals surface area contributed by atoms with Gasteiger partial charge in [0.15, 0.2) is 0 Å². The van der Waals surface area contributed by atoms with E-state index in [9.17, 15) is 29.1 Å². The molecule has 2 aromatic rings. The average Bonchev–Trinajstić information content (AvgIpc) is 3.71. The number of rotatable bonds is 7. The van der Waals surface area contributed by atoms with Crippen LogP contribution < -0.4 is 16.0 Å². The number of aromatic nitrogens is 1. The number of benzene rings is 1. The maximum absolute atomic E-state index is 14.3. The Kier molecular flexibility index (Phi) is 11.9. The molecule has 5 N–H and O–H groups in total. The van der Waals surface area contributed by atoms with Crippen LogP contribution in [0.3, 0.4) is 0 Å². The molecular formula is C35H50N6O8. The van der Waals surface area contributed by atoms with Crippen LogP contribution in [-0.4, -0.2) is 125 Å². The molecule has 3 aliphatic heterocycles. The zero-order valence-electron chi connectivity index (χ0n) is 28.8. The van der Waals surface area contributed by atoms with Crippen molar-refractivity contribution in [1.29, 1.82) is 0 Å². The Hall–Kier alpha value is -4.01. The topological polar surface area (TPSA) is 182 Å². The number of hydrogen-bond acceptors (Lipinski definition) is 8. The minimum atomic E-state index is -1.20. The molecule has 268 valence electrons. The standard InChI is InChI=1S/C35H50N6O8/c1-20(2)14-26-33(45)38-25-11-13-48-29(32(25)44)17-40(31(43)19-49-21(3)4)18-30(42)37-27(15-22-16-36-24-9-6-5-8-23(22)24)35(47)41-12-7-10-28(41)34(46)39-26/h5-6,8-9,16,20-21,25-29,32,36,44H,7,10-15,17-19H2,1-4H3,(H,37,42)(H,38,45)(H,39,46)/t25-,26+,27+,28+,29+,32-/m0/s1. The Morgan fingerprint density at radius 1 is 1.02 bits per heavy atom. The third-order valence-electron chi connectivity index (χ3n) is 9.42. The van der Waals surface area contributed by atoms with Gasteiger partial charge < -0.3 is 45.3 Å². The first-order valence-corrected chi connectivity index (χ1v) is 17.4. The highest BCUT2D eigenvalue weighted by Crippen LogP contribution is 2.24. The van der Waals surface area contributed by atoms with Crippen molar-refractivity contribution in [2.75, 3.05) is 32.8 Å². The normalized spacial score (nSPS) is 27.6. The van der Waals surface area contributed by atoms with Gasteiger partial charge in [-0.25, -0.2) is 0 Å². The van der Waals surface area contributed by atoms with E-state index in [0.29, 0.717) is 32.2 Å². The van der Waals surface area contributed by atoms with Crippen molar-refractivity contribution in [2.24, 2.45) is 5.92 Å². The maximum Gasteiger partial charge on any atom is 0.249 e. The van der Waals surface area contributed by atoms with Crippen molar-refractivity contribution in [1.82, 2.24) is 30.7 Å². The van der Waals surface area contributed by atoms with E-state index in [-0.39, 0.29) is 38.2 Å². The predicted molar refractivity (Wildman–Crippen MR) is 180 cm³/mol. The van der Waals surface area contributed by atoms with Crippen LogP contribution in [0.25, 0.3) is 10.9 Å². The number of aliphatic hydroxyl groups is 1. The van der Waals surface area contributed by atoms with Crippen molar-refractivity contribution in [3.8, 4) is 0 Å². The summed E-state index contributed by atoms with van der Waals surface area (Å²) in [6, 6.07) is 4.12.